The van der Waals surface area contributed by atoms with Crippen molar-refractivity contribution in [1.82, 2.24) is 0 Å². The van der Waals surface area contributed by atoms with Crippen LogP contribution in [0.4, 0.5) is 0 Å². The van der Waals surface area contributed by atoms with Crippen LogP contribution in [0.3, 0.4) is 0 Å². The number of hydrogen-bond donors (Lipinski definition) is 0. The van der Waals surface area contributed by atoms with E-state index in [1.165, 1.54) is 0 Å². The van der Waals surface area contributed by atoms with Gasteiger partial charge in [-0.25, -0.2) is 0 Å². The molecule has 3 heteroatoms. The Labute approximate surface area is 172 Å². The summed E-state index contributed by atoms with van der Waals surface area (Å²) in [5, 5.41) is 1.31. The van der Waals surface area contributed by atoms with Gasteiger partial charge in [-0.05, 0) is 71.7 Å². The van der Waals surface area contributed by atoms with Crippen molar-refractivity contribution in [2.75, 3.05) is 0 Å². The summed E-state index contributed by atoms with van der Waals surface area (Å²) < 4.78 is 0. The number of benzene rings is 2. The van der Waals surface area contributed by atoms with Crippen LogP contribution in [0.2, 0.25) is 10.0 Å². The maximum absolute atomic E-state index is 11.7. The zero-order chi connectivity index (χ0) is 20.5. The minimum atomic E-state index is -0.126. The van der Waals surface area contributed by atoms with Gasteiger partial charge in [-0.1, -0.05) is 74.8 Å². The van der Waals surface area contributed by atoms with E-state index in [9.17, 15) is 4.79 Å². The third kappa shape index (κ3) is 4.91. The Morgan fingerprint density at radius 2 is 1.56 bits per heavy atom. The minimum absolute atomic E-state index is 0.0690. The highest BCUT2D eigenvalue weighted by atomic mass is 35.5. The number of halogens is 2. The maximum atomic E-state index is 11.7. The van der Waals surface area contributed by atoms with E-state index in [2.05, 4.69) is 33.4 Å². The number of carbonyl (C=O) groups excluding carboxylic acids is 1. The van der Waals surface area contributed by atoms with Crippen LogP contribution in [0, 0.1) is 19.3 Å². The van der Waals surface area contributed by atoms with Crippen LogP contribution < -0.4 is 0 Å². The van der Waals surface area contributed by atoms with E-state index in [-0.39, 0.29) is 11.2 Å². The lowest BCUT2D eigenvalue weighted by Crippen LogP contribution is -2.09. The molecule has 0 aromatic heterocycles. The summed E-state index contributed by atoms with van der Waals surface area (Å²) in [5.74, 6) is 0.0690. The predicted molar refractivity (Wildman–Crippen MR) is 119 cm³/mol. The summed E-state index contributed by atoms with van der Waals surface area (Å²) in [6, 6.07) is 9.72. The highest BCUT2D eigenvalue weighted by Crippen LogP contribution is 2.39. The van der Waals surface area contributed by atoms with Crippen molar-refractivity contribution in [3.05, 3.63) is 80.8 Å². The Morgan fingerprint density at radius 1 is 1.00 bits per heavy atom. The number of carbonyl (C=O) groups is 1. The molecule has 0 saturated heterocycles. The van der Waals surface area contributed by atoms with E-state index in [0.29, 0.717) is 10.0 Å². The summed E-state index contributed by atoms with van der Waals surface area (Å²) >= 11 is 12.7. The molecule has 0 saturated carbocycles. The van der Waals surface area contributed by atoms with E-state index >= 15 is 0 Å². The molecule has 27 heavy (non-hydrogen) atoms. The molecule has 0 aliphatic carbocycles. The molecule has 0 aliphatic heterocycles. The maximum Gasteiger partial charge on any atom is 0.160 e. The minimum Gasteiger partial charge on any atom is -0.295 e. The van der Waals surface area contributed by atoms with Crippen molar-refractivity contribution in [2.45, 2.75) is 41.5 Å². The van der Waals surface area contributed by atoms with Gasteiger partial charge in [0.05, 0.1) is 0 Å². The second-order valence-electron chi connectivity index (χ2n) is 7.98. The number of allylic oxidation sites excluding steroid dienone is 3. The summed E-state index contributed by atoms with van der Waals surface area (Å²) in [7, 11) is 0. The topological polar surface area (TPSA) is 17.1 Å². The van der Waals surface area contributed by atoms with Gasteiger partial charge in [-0.15, -0.1) is 0 Å². The molecule has 0 spiro atoms. The number of aryl methyl sites for hydroxylation is 1. The molecule has 1 nitrogen and oxygen atoms in total. The van der Waals surface area contributed by atoms with E-state index < -0.39 is 0 Å². The van der Waals surface area contributed by atoms with Crippen molar-refractivity contribution in [3.63, 3.8) is 0 Å². The summed E-state index contributed by atoms with van der Waals surface area (Å²) in [5.41, 5.74) is 6.40. The molecule has 0 radical (unpaired) electrons. The summed E-state index contributed by atoms with van der Waals surface area (Å²) in [6.45, 7) is 16.1. The van der Waals surface area contributed by atoms with E-state index in [4.69, 9.17) is 23.2 Å². The van der Waals surface area contributed by atoms with Gasteiger partial charge in [-0.3, -0.25) is 4.79 Å². The lowest BCUT2D eigenvalue weighted by molar-refractivity contribution is 0.101. The van der Waals surface area contributed by atoms with Crippen LogP contribution in [0.25, 0.3) is 11.1 Å². The number of rotatable bonds is 4. The molecule has 0 aliphatic rings. The van der Waals surface area contributed by atoms with E-state index in [0.717, 1.165) is 39.0 Å². The third-order valence-corrected chi connectivity index (χ3v) is 5.48. The van der Waals surface area contributed by atoms with Gasteiger partial charge in [0.1, 0.15) is 0 Å². The lowest BCUT2D eigenvalue weighted by Gasteiger charge is -2.25. The quantitative estimate of drug-likeness (QED) is 0.375. The first-order valence-electron chi connectivity index (χ1n) is 8.91. The lowest BCUT2D eigenvalue weighted by atomic mass is 9.80. The average Bonchev–Trinajstić information content (AvgIpc) is 2.55. The van der Waals surface area contributed by atoms with Gasteiger partial charge in [0.2, 0.25) is 0 Å². The highest BCUT2D eigenvalue weighted by Gasteiger charge is 2.21. The fourth-order valence-corrected chi connectivity index (χ4v) is 3.54. The normalized spacial score (nSPS) is 12.2. The zero-order valence-electron chi connectivity index (χ0n) is 16.8. The molecular weight excluding hydrogens is 375 g/mol. The summed E-state index contributed by atoms with van der Waals surface area (Å²) in [6.07, 6.45) is 2.08. The molecule has 2 aromatic carbocycles. The Balaban J connectivity index is 2.55. The first-order chi connectivity index (χ1) is 12.4. The van der Waals surface area contributed by atoms with Gasteiger partial charge in [0.15, 0.2) is 5.78 Å². The van der Waals surface area contributed by atoms with Crippen LogP contribution in [-0.2, 0) is 0 Å². The monoisotopic (exact) mass is 400 g/mol. The third-order valence-electron chi connectivity index (χ3n) is 4.70. The van der Waals surface area contributed by atoms with Crippen LogP contribution >= 0.6 is 23.2 Å². The molecular formula is C24H26Cl2O. The first kappa shape index (κ1) is 21.5. The Hall–Kier alpha value is -1.83. The molecule has 0 heterocycles. The fourth-order valence-electron chi connectivity index (χ4n) is 3.05. The van der Waals surface area contributed by atoms with Crippen LogP contribution in [-0.4, -0.2) is 5.78 Å². The van der Waals surface area contributed by atoms with Crippen LogP contribution in [0.5, 0.6) is 0 Å². The van der Waals surface area contributed by atoms with Gasteiger partial charge in [0.25, 0.3) is 0 Å². The SMILES string of the molecule is C=C(/C=C(/c1cc(Cl)c(C)c(Cl)c1)C(C)(C)C)c1ccc(C(C)=O)c(C)c1. The van der Waals surface area contributed by atoms with Crippen LogP contribution in [0.1, 0.15) is 60.3 Å². The van der Waals surface area contributed by atoms with Gasteiger partial charge in [0, 0.05) is 15.6 Å². The Kier molecular flexibility index (Phi) is 6.39. The molecule has 0 unspecified atom stereocenters. The second-order valence-corrected chi connectivity index (χ2v) is 8.80. The Morgan fingerprint density at radius 3 is 2.00 bits per heavy atom. The molecule has 2 rings (SSSR count). The molecule has 0 fully saturated rings. The molecule has 0 amide bonds. The Bertz CT molecular complexity index is 920. The molecule has 0 bridgehead atoms. The largest absolute Gasteiger partial charge is 0.295 e. The number of Topliss-reactive ketones (excluding diaryl/α,β-unsaturated/α-hetero) is 1. The molecule has 142 valence electrons. The molecule has 2 aromatic rings. The fraction of sp³-hybridized carbons (Fsp3) is 0.292. The standard InChI is InChI=1S/C24H26Cl2O/c1-14(18-8-9-20(17(4)27)15(2)10-18)11-21(24(5,6)7)19-12-22(25)16(3)23(26)13-19/h8-13H,1H2,2-7H3/b21-11-. The highest BCUT2D eigenvalue weighted by molar-refractivity contribution is 6.36. The average molecular weight is 401 g/mol. The molecule has 0 atom stereocenters. The summed E-state index contributed by atoms with van der Waals surface area (Å²) in [4.78, 5) is 11.7. The zero-order valence-corrected chi connectivity index (χ0v) is 18.3. The van der Waals surface area contributed by atoms with Gasteiger partial charge < -0.3 is 0 Å². The first-order valence-corrected chi connectivity index (χ1v) is 9.66. The van der Waals surface area contributed by atoms with E-state index in [1.54, 1.807) is 6.92 Å². The number of hydrogen-bond acceptors (Lipinski definition) is 1. The predicted octanol–water partition coefficient (Wildman–Crippen LogP) is 7.96. The number of ketones is 1. The van der Waals surface area contributed by atoms with Crippen molar-refractivity contribution >= 4 is 40.1 Å². The van der Waals surface area contributed by atoms with Crippen LogP contribution in [0.15, 0.2) is 43.0 Å². The van der Waals surface area contributed by atoms with Gasteiger partial charge >= 0.3 is 0 Å². The van der Waals surface area contributed by atoms with Gasteiger partial charge in [-0.2, -0.15) is 0 Å². The van der Waals surface area contributed by atoms with Crippen molar-refractivity contribution in [3.8, 4) is 0 Å². The van der Waals surface area contributed by atoms with E-state index in [1.807, 2.05) is 44.2 Å². The smallest absolute Gasteiger partial charge is 0.160 e. The molecule has 0 N–H and O–H groups in total. The second kappa shape index (κ2) is 8.04. The van der Waals surface area contributed by atoms with Crippen molar-refractivity contribution < 1.29 is 4.79 Å². The van der Waals surface area contributed by atoms with Crippen molar-refractivity contribution in [1.29, 1.82) is 0 Å². The van der Waals surface area contributed by atoms with Crippen molar-refractivity contribution in [2.24, 2.45) is 5.41 Å².